The second-order valence-corrected chi connectivity index (χ2v) is 7.36. The van der Waals surface area contributed by atoms with Crippen molar-refractivity contribution in [3.63, 3.8) is 0 Å². The second-order valence-electron chi connectivity index (χ2n) is 7.36. The fraction of sp³-hybridized carbons (Fsp3) is 0.200. The van der Waals surface area contributed by atoms with E-state index in [0.29, 0.717) is 29.4 Å². The quantitative estimate of drug-likeness (QED) is 0.336. The van der Waals surface area contributed by atoms with Gasteiger partial charge < -0.3 is 14.8 Å². The Morgan fingerprint density at radius 3 is 2.50 bits per heavy atom. The number of hydrogen-bond acceptors (Lipinski definition) is 6. The molecule has 0 aromatic heterocycles. The zero-order valence-corrected chi connectivity index (χ0v) is 18.9. The van der Waals surface area contributed by atoms with E-state index in [1.54, 1.807) is 37.3 Å². The van der Waals surface area contributed by atoms with Crippen molar-refractivity contribution in [3.8, 4) is 11.5 Å². The number of imide groups is 2. The standard InChI is InChI=1S/C25H25N3O6/c1-4-12-28-24(31)19(23(30)27-25(28)32)13-17-8-11-20(21(14-17)33-5-2)34-15-22(29)26-18-9-6-16(3)7-10-18/h4,6-11,13-14H,1,5,12,15H2,2-3H3,(H,26,29)(H,27,30,32)/b19-13-. The molecule has 0 radical (unpaired) electrons. The van der Waals surface area contributed by atoms with E-state index in [2.05, 4.69) is 17.2 Å². The number of carbonyl (C=O) groups is 4. The van der Waals surface area contributed by atoms with E-state index in [-0.39, 0.29) is 24.6 Å². The Morgan fingerprint density at radius 1 is 1.09 bits per heavy atom. The molecule has 5 amide bonds. The van der Waals surface area contributed by atoms with Crippen LogP contribution in [0, 0.1) is 6.92 Å². The lowest BCUT2D eigenvalue weighted by Gasteiger charge is -2.25. The molecular formula is C25H25N3O6. The molecule has 2 N–H and O–H groups in total. The first-order valence-electron chi connectivity index (χ1n) is 10.6. The highest BCUT2D eigenvalue weighted by atomic mass is 16.5. The van der Waals surface area contributed by atoms with E-state index in [1.807, 2.05) is 19.1 Å². The van der Waals surface area contributed by atoms with Gasteiger partial charge in [0.1, 0.15) is 5.57 Å². The molecule has 0 spiro atoms. The van der Waals surface area contributed by atoms with Gasteiger partial charge in [-0.3, -0.25) is 24.6 Å². The summed E-state index contributed by atoms with van der Waals surface area (Å²) in [5.74, 6) is -1.19. The number of barbiturate groups is 1. The number of aryl methyl sites for hydroxylation is 1. The highest BCUT2D eigenvalue weighted by molar-refractivity contribution is 6.31. The molecule has 9 nitrogen and oxygen atoms in total. The first-order valence-corrected chi connectivity index (χ1v) is 10.6. The fourth-order valence-corrected chi connectivity index (χ4v) is 3.13. The molecule has 0 bridgehead atoms. The molecule has 1 heterocycles. The third-order valence-corrected chi connectivity index (χ3v) is 4.77. The minimum absolute atomic E-state index is 0.0308. The van der Waals surface area contributed by atoms with Crippen LogP contribution < -0.4 is 20.1 Å². The molecule has 1 aliphatic rings. The van der Waals surface area contributed by atoms with E-state index in [0.717, 1.165) is 10.5 Å². The van der Waals surface area contributed by atoms with Gasteiger partial charge in [-0.25, -0.2) is 4.79 Å². The van der Waals surface area contributed by atoms with E-state index in [9.17, 15) is 19.2 Å². The van der Waals surface area contributed by atoms with Crippen LogP contribution in [0.1, 0.15) is 18.1 Å². The lowest BCUT2D eigenvalue weighted by molar-refractivity contribution is -0.129. The summed E-state index contributed by atoms with van der Waals surface area (Å²) in [5, 5.41) is 4.88. The third-order valence-electron chi connectivity index (χ3n) is 4.77. The van der Waals surface area contributed by atoms with Crippen LogP contribution >= 0.6 is 0 Å². The van der Waals surface area contributed by atoms with Crippen molar-refractivity contribution in [3.05, 3.63) is 71.8 Å². The minimum atomic E-state index is -0.797. The second kappa shape index (κ2) is 11.0. The van der Waals surface area contributed by atoms with Crippen molar-refractivity contribution in [2.75, 3.05) is 25.1 Å². The van der Waals surface area contributed by atoms with Crippen LogP contribution in [0.3, 0.4) is 0 Å². The number of benzene rings is 2. The van der Waals surface area contributed by atoms with Crippen LogP contribution in [0.15, 0.2) is 60.7 Å². The van der Waals surface area contributed by atoms with Gasteiger partial charge in [0.15, 0.2) is 18.1 Å². The van der Waals surface area contributed by atoms with Crippen LogP contribution in [-0.4, -0.2) is 48.4 Å². The molecule has 0 atom stereocenters. The molecule has 0 saturated carbocycles. The number of carbonyl (C=O) groups excluding carboxylic acids is 4. The molecule has 2 aromatic rings. The van der Waals surface area contributed by atoms with Gasteiger partial charge in [0.05, 0.1) is 6.61 Å². The van der Waals surface area contributed by atoms with Crippen LogP contribution in [0.25, 0.3) is 6.08 Å². The Kier molecular flexibility index (Phi) is 7.81. The zero-order valence-electron chi connectivity index (χ0n) is 18.9. The molecular weight excluding hydrogens is 438 g/mol. The van der Waals surface area contributed by atoms with E-state index in [1.165, 1.54) is 12.2 Å². The number of rotatable bonds is 9. The molecule has 9 heteroatoms. The largest absolute Gasteiger partial charge is 0.490 e. The number of nitrogens with one attached hydrogen (secondary N) is 2. The van der Waals surface area contributed by atoms with Crippen LogP contribution in [0.5, 0.6) is 11.5 Å². The van der Waals surface area contributed by atoms with Gasteiger partial charge >= 0.3 is 6.03 Å². The van der Waals surface area contributed by atoms with Crippen molar-refractivity contribution in [2.24, 2.45) is 0 Å². The average Bonchev–Trinajstić information content (AvgIpc) is 2.80. The Balaban J connectivity index is 1.75. The maximum Gasteiger partial charge on any atom is 0.331 e. The van der Waals surface area contributed by atoms with Gasteiger partial charge in [-0.1, -0.05) is 29.8 Å². The number of nitrogens with zero attached hydrogens (tertiary/aromatic N) is 1. The fourth-order valence-electron chi connectivity index (χ4n) is 3.13. The Hall–Kier alpha value is -4.40. The van der Waals surface area contributed by atoms with Crippen LogP contribution in [0.4, 0.5) is 10.5 Å². The van der Waals surface area contributed by atoms with Gasteiger partial charge in [-0.2, -0.15) is 0 Å². The zero-order chi connectivity index (χ0) is 24.7. The predicted octanol–water partition coefficient (Wildman–Crippen LogP) is 3.06. The number of hydrogen-bond donors (Lipinski definition) is 2. The molecule has 176 valence electrons. The van der Waals surface area contributed by atoms with Crippen LogP contribution in [0.2, 0.25) is 0 Å². The number of amides is 5. The summed E-state index contributed by atoms with van der Waals surface area (Å²) in [4.78, 5) is 49.8. The van der Waals surface area contributed by atoms with Gasteiger partial charge in [0, 0.05) is 12.2 Å². The molecule has 1 saturated heterocycles. The van der Waals surface area contributed by atoms with Gasteiger partial charge in [-0.15, -0.1) is 6.58 Å². The van der Waals surface area contributed by atoms with Gasteiger partial charge in [-0.05, 0) is 49.8 Å². The summed E-state index contributed by atoms with van der Waals surface area (Å²) in [7, 11) is 0. The summed E-state index contributed by atoms with van der Waals surface area (Å²) in [6, 6.07) is 11.3. The SMILES string of the molecule is C=CCN1C(=O)NC(=O)/C(=C/c2ccc(OCC(=O)Nc3ccc(C)cc3)c(OCC)c2)C1=O. The van der Waals surface area contributed by atoms with Gasteiger partial charge in [0.2, 0.25) is 0 Å². The lowest BCUT2D eigenvalue weighted by atomic mass is 10.1. The summed E-state index contributed by atoms with van der Waals surface area (Å²) in [6.45, 7) is 7.31. The van der Waals surface area contributed by atoms with E-state index < -0.39 is 17.8 Å². The maximum atomic E-state index is 12.6. The normalized spacial score (nSPS) is 14.6. The summed E-state index contributed by atoms with van der Waals surface area (Å²) in [5.41, 5.74) is 2.02. The van der Waals surface area contributed by atoms with E-state index >= 15 is 0 Å². The monoisotopic (exact) mass is 463 g/mol. The lowest BCUT2D eigenvalue weighted by Crippen LogP contribution is -2.54. The maximum absolute atomic E-state index is 12.6. The first-order chi connectivity index (χ1) is 16.3. The van der Waals surface area contributed by atoms with E-state index in [4.69, 9.17) is 9.47 Å². The van der Waals surface area contributed by atoms with Crippen molar-refractivity contribution in [1.82, 2.24) is 10.2 Å². The molecule has 34 heavy (non-hydrogen) atoms. The number of anilines is 1. The molecule has 3 rings (SSSR count). The highest BCUT2D eigenvalue weighted by Crippen LogP contribution is 2.30. The van der Waals surface area contributed by atoms with Crippen molar-refractivity contribution in [1.29, 1.82) is 0 Å². The topological polar surface area (TPSA) is 114 Å². The van der Waals surface area contributed by atoms with Crippen LogP contribution in [-0.2, 0) is 14.4 Å². The number of ether oxygens (including phenoxy) is 2. The molecule has 2 aromatic carbocycles. The highest BCUT2D eigenvalue weighted by Gasteiger charge is 2.34. The van der Waals surface area contributed by atoms with Crippen molar-refractivity contribution < 1.29 is 28.7 Å². The Bertz CT molecular complexity index is 1150. The molecule has 1 aliphatic heterocycles. The smallest absolute Gasteiger partial charge is 0.331 e. The Labute approximate surface area is 197 Å². The first kappa shape index (κ1) is 24.2. The summed E-state index contributed by atoms with van der Waals surface area (Å²) >= 11 is 0. The molecule has 1 fully saturated rings. The van der Waals surface area contributed by atoms with Crippen molar-refractivity contribution >= 4 is 35.5 Å². The third kappa shape index (κ3) is 5.89. The minimum Gasteiger partial charge on any atom is -0.490 e. The number of urea groups is 1. The molecule has 0 aliphatic carbocycles. The summed E-state index contributed by atoms with van der Waals surface area (Å²) < 4.78 is 11.2. The average molecular weight is 463 g/mol. The molecule has 0 unspecified atom stereocenters. The predicted molar refractivity (Wildman–Crippen MR) is 126 cm³/mol. The summed E-state index contributed by atoms with van der Waals surface area (Å²) in [6.07, 6.45) is 2.75. The Morgan fingerprint density at radius 2 is 1.82 bits per heavy atom. The van der Waals surface area contributed by atoms with Gasteiger partial charge in [0.25, 0.3) is 17.7 Å². The van der Waals surface area contributed by atoms with Crippen molar-refractivity contribution in [2.45, 2.75) is 13.8 Å².